The van der Waals surface area contributed by atoms with Crippen LogP contribution in [0.5, 0.6) is 0 Å². The van der Waals surface area contributed by atoms with Crippen LogP contribution in [-0.2, 0) is 0 Å². The third-order valence-corrected chi connectivity index (χ3v) is 9.04. The first-order chi connectivity index (χ1) is 19.2. The Hall–Kier alpha value is -4.76. The molecule has 2 amide bonds. The first kappa shape index (κ1) is 21.2. The fraction of sp³-hybridized carbons (Fsp3) is 0.111. The lowest BCUT2D eigenvalue weighted by Crippen LogP contribution is -2.40. The Balaban J connectivity index is 1.39. The number of imide groups is 1. The van der Waals surface area contributed by atoms with E-state index in [9.17, 15) is 9.59 Å². The molecular formula is C36H23NO2. The molecule has 0 saturated heterocycles. The minimum atomic E-state index is -0.184. The van der Waals surface area contributed by atoms with E-state index in [-0.39, 0.29) is 11.8 Å². The topological polar surface area (TPSA) is 37.4 Å². The van der Waals surface area contributed by atoms with Gasteiger partial charge >= 0.3 is 0 Å². The summed E-state index contributed by atoms with van der Waals surface area (Å²) in [6.45, 7) is 2.53. The molecule has 0 spiro atoms. The first-order valence-electron chi connectivity index (χ1n) is 13.8. The van der Waals surface area contributed by atoms with Gasteiger partial charge in [0.25, 0.3) is 11.8 Å². The van der Waals surface area contributed by atoms with Crippen LogP contribution in [0.3, 0.4) is 0 Å². The maximum atomic E-state index is 13.5. The van der Waals surface area contributed by atoms with Gasteiger partial charge in [-0.2, -0.15) is 0 Å². The van der Waals surface area contributed by atoms with Crippen LogP contribution in [0, 0.1) is 0 Å². The van der Waals surface area contributed by atoms with Gasteiger partial charge in [-0.1, -0.05) is 80.1 Å². The van der Waals surface area contributed by atoms with Crippen LogP contribution in [0.25, 0.3) is 75.8 Å². The van der Waals surface area contributed by atoms with E-state index in [1.165, 1.54) is 58.8 Å². The molecule has 0 fully saturated rings. The van der Waals surface area contributed by atoms with Gasteiger partial charge in [0.05, 0.1) is 0 Å². The molecular weight excluding hydrogens is 478 g/mol. The van der Waals surface area contributed by atoms with E-state index in [1.807, 2.05) is 18.2 Å². The second kappa shape index (κ2) is 7.21. The SMILES string of the molecule is CCCCN1C(=O)c2cccc3c(-c4cc5ccc6ccc7ccc8ccc4c4c8c7c6c54)ccc(c23)C1=O. The molecule has 3 nitrogen and oxygen atoms in total. The number of amides is 2. The monoisotopic (exact) mass is 501 g/mol. The molecule has 9 rings (SSSR count). The van der Waals surface area contributed by atoms with Crippen molar-refractivity contribution in [3.8, 4) is 11.1 Å². The fourth-order valence-corrected chi connectivity index (χ4v) is 7.30. The van der Waals surface area contributed by atoms with Crippen LogP contribution in [-0.4, -0.2) is 23.3 Å². The van der Waals surface area contributed by atoms with Crippen LogP contribution in [0.15, 0.2) is 84.9 Å². The molecule has 0 saturated carbocycles. The Bertz CT molecular complexity index is 2250. The van der Waals surface area contributed by atoms with E-state index >= 15 is 0 Å². The Morgan fingerprint density at radius 1 is 0.513 bits per heavy atom. The third kappa shape index (κ3) is 2.49. The lowest BCUT2D eigenvalue weighted by Gasteiger charge is -2.28. The van der Waals surface area contributed by atoms with E-state index < -0.39 is 0 Å². The summed E-state index contributed by atoms with van der Waals surface area (Å²) in [7, 11) is 0. The molecule has 0 aromatic heterocycles. The van der Waals surface area contributed by atoms with Crippen LogP contribution in [0.4, 0.5) is 0 Å². The summed E-state index contributed by atoms with van der Waals surface area (Å²) in [5.74, 6) is -0.368. The molecule has 3 heteroatoms. The summed E-state index contributed by atoms with van der Waals surface area (Å²) >= 11 is 0. The number of rotatable bonds is 4. The number of carbonyl (C=O) groups is 2. The number of hydrogen-bond donors (Lipinski definition) is 0. The summed E-state index contributed by atoms with van der Waals surface area (Å²) in [6.07, 6.45) is 1.74. The van der Waals surface area contributed by atoms with Crippen LogP contribution in [0.1, 0.15) is 40.5 Å². The Morgan fingerprint density at radius 3 is 1.74 bits per heavy atom. The number of benzene rings is 7. The van der Waals surface area contributed by atoms with E-state index in [0.29, 0.717) is 17.7 Å². The van der Waals surface area contributed by atoms with Crippen molar-refractivity contribution in [3.05, 3.63) is 96.1 Å². The second-order valence-electron chi connectivity index (χ2n) is 11.0. The zero-order chi connectivity index (χ0) is 26.0. The molecule has 1 aliphatic rings. The maximum Gasteiger partial charge on any atom is 0.261 e. The van der Waals surface area contributed by atoms with Gasteiger partial charge < -0.3 is 0 Å². The highest BCUT2D eigenvalue weighted by atomic mass is 16.2. The smallest absolute Gasteiger partial charge is 0.261 e. The molecule has 0 bridgehead atoms. The lowest BCUT2D eigenvalue weighted by molar-refractivity contribution is 0.0608. The number of carbonyl (C=O) groups excluding carboxylic acids is 2. The molecule has 0 atom stereocenters. The summed E-state index contributed by atoms with van der Waals surface area (Å²) in [6, 6.07) is 30.1. The first-order valence-corrected chi connectivity index (χ1v) is 13.8. The lowest BCUT2D eigenvalue weighted by atomic mass is 9.86. The van der Waals surface area contributed by atoms with Gasteiger partial charge in [-0.15, -0.1) is 0 Å². The van der Waals surface area contributed by atoms with Crippen molar-refractivity contribution in [2.45, 2.75) is 19.8 Å². The zero-order valence-corrected chi connectivity index (χ0v) is 21.5. The molecule has 8 aromatic carbocycles. The van der Waals surface area contributed by atoms with Gasteiger partial charge in [-0.3, -0.25) is 14.5 Å². The largest absolute Gasteiger partial charge is 0.274 e. The third-order valence-electron chi connectivity index (χ3n) is 9.04. The fourth-order valence-electron chi connectivity index (χ4n) is 7.30. The molecule has 0 unspecified atom stereocenters. The van der Waals surface area contributed by atoms with Crippen molar-refractivity contribution < 1.29 is 9.59 Å². The van der Waals surface area contributed by atoms with Gasteiger partial charge in [0.2, 0.25) is 0 Å². The average molecular weight is 502 g/mol. The van der Waals surface area contributed by atoms with Crippen LogP contribution >= 0.6 is 0 Å². The minimum absolute atomic E-state index is 0.184. The highest BCUT2D eigenvalue weighted by Gasteiger charge is 2.33. The van der Waals surface area contributed by atoms with E-state index in [4.69, 9.17) is 0 Å². The molecule has 39 heavy (non-hydrogen) atoms. The molecule has 0 aliphatic carbocycles. The van der Waals surface area contributed by atoms with Gasteiger partial charge in [-0.05, 0) is 95.0 Å². The summed E-state index contributed by atoms with van der Waals surface area (Å²) < 4.78 is 0. The molecule has 1 aliphatic heterocycles. The second-order valence-corrected chi connectivity index (χ2v) is 11.0. The van der Waals surface area contributed by atoms with E-state index in [1.54, 1.807) is 0 Å². The summed E-state index contributed by atoms with van der Waals surface area (Å²) in [5.41, 5.74) is 3.44. The van der Waals surface area contributed by atoms with Crippen LogP contribution in [0.2, 0.25) is 0 Å². The minimum Gasteiger partial charge on any atom is -0.274 e. The van der Waals surface area contributed by atoms with E-state index in [2.05, 4.69) is 73.7 Å². The van der Waals surface area contributed by atoms with Gasteiger partial charge in [0, 0.05) is 23.1 Å². The molecule has 8 aromatic rings. The van der Waals surface area contributed by atoms with Crippen LogP contribution < -0.4 is 0 Å². The zero-order valence-electron chi connectivity index (χ0n) is 21.5. The van der Waals surface area contributed by atoms with Crippen molar-refractivity contribution in [2.75, 3.05) is 6.54 Å². The number of nitrogens with zero attached hydrogens (tertiary/aromatic N) is 1. The van der Waals surface area contributed by atoms with Gasteiger partial charge in [0.1, 0.15) is 0 Å². The highest BCUT2D eigenvalue weighted by molar-refractivity contribution is 6.45. The molecule has 0 N–H and O–H groups in total. The van der Waals surface area contributed by atoms with Crippen molar-refractivity contribution in [2.24, 2.45) is 0 Å². The quantitative estimate of drug-likeness (QED) is 0.178. The van der Waals surface area contributed by atoms with Crippen molar-refractivity contribution in [1.29, 1.82) is 0 Å². The summed E-state index contributed by atoms with van der Waals surface area (Å²) in [4.78, 5) is 28.4. The highest BCUT2D eigenvalue weighted by Crippen LogP contribution is 2.51. The maximum absolute atomic E-state index is 13.5. The van der Waals surface area contributed by atoms with E-state index in [0.717, 1.165) is 34.7 Å². The molecule has 184 valence electrons. The Morgan fingerprint density at radius 2 is 1.05 bits per heavy atom. The molecule has 0 radical (unpaired) electrons. The normalized spacial score (nSPS) is 14.1. The Kier molecular flexibility index (Phi) is 3.92. The number of unbranched alkanes of at least 4 members (excludes halogenated alkanes) is 1. The van der Waals surface area contributed by atoms with Crippen molar-refractivity contribution in [1.82, 2.24) is 4.90 Å². The summed E-state index contributed by atoms with van der Waals surface area (Å²) in [5, 5.41) is 14.7. The predicted octanol–water partition coefficient (Wildman–Crippen LogP) is 8.98. The Labute approximate surface area is 224 Å². The van der Waals surface area contributed by atoms with Gasteiger partial charge in [-0.25, -0.2) is 0 Å². The van der Waals surface area contributed by atoms with Crippen molar-refractivity contribution >= 4 is 76.4 Å². The van der Waals surface area contributed by atoms with Crippen molar-refractivity contribution in [3.63, 3.8) is 0 Å². The average Bonchev–Trinajstić information content (AvgIpc) is 3.34. The molecule has 1 heterocycles. The number of hydrogen-bond acceptors (Lipinski definition) is 2. The van der Waals surface area contributed by atoms with Gasteiger partial charge in [0.15, 0.2) is 0 Å². The standard InChI is InChI=1S/C36H23NO2/c1-2-3-17-37-35(38)26-6-4-5-24-23(15-16-27(33(24)26)36(37)39)28-18-22-12-11-20-8-7-19-9-10-21-13-14-25(28)34-31(21)29(19)30(20)32(22)34/h4-16,18H,2-3,17H2,1H3. The predicted molar refractivity (Wildman–Crippen MR) is 161 cm³/mol.